The third-order valence-corrected chi connectivity index (χ3v) is 2.28. The van der Waals surface area contributed by atoms with Gasteiger partial charge in [-0.05, 0) is 31.9 Å². The first-order valence-corrected chi connectivity index (χ1v) is 5.60. The molecule has 0 aliphatic rings. The van der Waals surface area contributed by atoms with Crippen LogP contribution in [0, 0.1) is 0 Å². The van der Waals surface area contributed by atoms with Crippen molar-refractivity contribution in [2.75, 3.05) is 6.61 Å². The summed E-state index contributed by atoms with van der Waals surface area (Å²) in [5.41, 5.74) is 1.10. The molecule has 0 amide bonds. The highest BCUT2D eigenvalue weighted by molar-refractivity contribution is 5.74. The van der Waals surface area contributed by atoms with Crippen LogP contribution in [0.5, 0.6) is 5.75 Å². The van der Waals surface area contributed by atoms with Gasteiger partial charge in [0, 0.05) is 0 Å². The Labute approximate surface area is 96.4 Å². The van der Waals surface area contributed by atoms with Crippen LogP contribution in [0.2, 0.25) is 0 Å². The number of para-hydroxylation sites is 1. The standard InChI is InChI=1S/C13H18O3/c1-4-11-8-6-7-9-12(11)16-10(3)13(14)15-5-2/h6-10H,4-5H2,1-3H3/t10-/m0/s1. The number of rotatable bonds is 5. The second-order valence-corrected chi connectivity index (χ2v) is 3.47. The van der Waals surface area contributed by atoms with E-state index in [0.717, 1.165) is 17.7 Å². The Morgan fingerprint density at radius 1 is 1.31 bits per heavy atom. The lowest BCUT2D eigenvalue weighted by Gasteiger charge is -2.15. The van der Waals surface area contributed by atoms with Gasteiger partial charge in [-0.1, -0.05) is 25.1 Å². The van der Waals surface area contributed by atoms with Crippen LogP contribution in [-0.4, -0.2) is 18.7 Å². The summed E-state index contributed by atoms with van der Waals surface area (Å²) in [4.78, 5) is 11.4. The van der Waals surface area contributed by atoms with E-state index in [9.17, 15) is 4.79 Å². The summed E-state index contributed by atoms with van der Waals surface area (Å²) in [6, 6.07) is 7.72. The van der Waals surface area contributed by atoms with Gasteiger partial charge in [0.15, 0.2) is 6.10 Å². The van der Waals surface area contributed by atoms with E-state index in [2.05, 4.69) is 6.92 Å². The molecule has 1 aromatic carbocycles. The van der Waals surface area contributed by atoms with Crippen LogP contribution in [0.15, 0.2) is 24.3 Å². The lowest BCUT2D eigenvalue weighted by molar-refractivity contribution is -0.150. The smallest absolute Gasteiger partial charge is 0.347 e. The zero-order chi connectivity index (χ0) is 12.0. The van der Waals surface area contributed by atoms with Gasteiger partial charge in [0.1, 0.15) is 5.75 Å². The van der Waals surface area contributed by atoms with Crippen molar-refractivity contribution >= 4 is 5.97 Å². The van der Waals surface area contributed by atoms with E-state index in [-0.39, 0.29) is 5.97 Å². The lowest BCUT2D eigenvalue weighted by atomic mass is 10.1. The van der Waals surface area contributed by atoms with Crippen LogP contribution in [0.3, 0.4) is 0 Å². The fourth-order valence-electron chi connectivity index (χ4n) is 1.41. The monoisotopic (exact) mass is 222 g/mol. The molecule has 0 aliphatic carbocycles. The number of hydrogen-bond acceptors (Lipinski definition) is 3. The van der Waals surface area contributed by atoms with Crippen LogP contribution in [0.4, 0.5) is 0 Å². The molecule has 0 fully saturated rings. The molecule has 1 atom stereocenters. The molecule has 0 N–H and O–H groups in total. The Morgan fingerprint density at radius 2 is 2.00 bits per heavy atom. The Morgan fingerprint density at radius 3 is 2.62 bits per heavy atom. The van der Waals surface area contributed by atoms with E-state index < -0.39 is 6.10 Å². The number of aryl methyl sites for hydroxylation is 1. The fraction of sp³-hybridized carbons (Fsp3) is 0.462. The summed E-state index contributed by atoms with van der Waals surface area (Å²) in [5, 5.41) is 0. The number of hydrogen-bond donors (Lipinski definition) is 0. The summed E-state index contributed by atoms with van der Waals surface area (Å²) in [6.45, 7) is 5.91. The molecular formula is C13H18O3. The van der Waals surface area contributed by atoms with Crippen LogP contribution < -0.4 is 4.74 Å². The maximum atomic E-state index is 11.4. The SMILES string of the molecule is CCOC(=O)[C@H](C)Oc1ccccc1CC. The molecule has 1 aromatic rings. The minimum Gasteiger partial charge on any atom is -0.479 e. The fourth-order valence-corrected chi connectivity index (χ4v) is 1.41. The average Bonchev–Trinajstić information content (AvgIpc) is 2.30. The van der Waals surface area contributed by atoms with E-state index in [1.807, 2.05) is 24.3 Å². The number of carbonyl (C=O) groups is 1. The van der Waals surface area contributed by atoms with E-state index >= 15 is 0 Å². The summed E-state index contributed by atoms with van der Waals surface area (Å²) >= 11 is 0. The van der Waals surface area contributed by atoms with Crippen LogP contribution in [0.25, 0.3) is 0 Å². The number of benzene rings is 1. The summed E-state index contributed by atoms with van der Waals surface area (Å²) in [7, 11) is 0. The molecule has 0 spiro atoms. The van der Waals surface area contributed by atoms with Gasteiger partial charge in [0.25, 0.3) is 0 Å². The Kier molecular flexibility index (Phi) is 4.83. The van der Waals surface area contributed by atoms with E-state index in [1.165, 1.54) is 0 Å². The van der Waals surface area contributed by atoms with Gasteiger partial charge in [-0.25, -0.2) is 4.79 Å². The molecule has 3 nitrogen and oxygen atoms in total. The summed E-state index contributed by atoms with van der Waals surface area (Å²) < 4.78 is 10.5. The van der Waals surface area contributed by atoms with Crippen LogP contribution >= 0.6 is 0 Å². The molecule has 88 valence electrons. The van der Waals surface area contributed by atoms with Gasteiger partial charge in [0.05, 0.1) is 6.61 Å². The third kappa shape index (κ3) is 3.26. The molecular weight excluding hydrogens is 204 g/mol. The van der Waals surface area contributed by atoms with Crippen molar-refractivity contribution < 1.29 is 14.3 Å². The van der Waals surface area contributed by atoms with Crippen molar-refractivity contribution in [2.45, 2.75) is 33.3 Å². The van der Waals surface area contributed by atoms with Crippen molar-refractivity contribution in [2.24, 2.45) is 0 Å². The highest BCUT2D eigenvalue weighted by Crippen LogP contribution is 2.19. The van der Waals surface area contributed by atoms with Gasteiger partial charge in [-0.2, -0.15) is 0 Å². The molecule has 0 aliphatic heterocycles. The zero-order valence-corrected chi connectivity index (χ0v) is 10.0. The first kappa shape index (κ1) is 12.6. The lowest BCUT2D eigenvalue weighted by Crippen LogP contribution is -2.26. The maximum absolute atomic E-state index is 11.4. The van der Waals surface area contributed by atoms with E-state index in [1.54, 1.807) is 13.8 Å². The van der Waals surface area contributed by atoms with Crippen molar-refractivity contribution in [1.29, 1.82) is 0 Å². The molecule has 0 saturated carbocycles. The van der Waals surface area contributed by atoms with Crippen LogP contribution in [0.1, 0.15) is 26.3 Å². The molecule has 3 heteroatoms. The molecule has 0 saturated heterocycles. The van der Waals surface area contributed by atoms with E-state index in [0.29, 0.717) is 6.61 Å². The first-order valence-electron chi connectivity index (χ1n) is 5.60. The summed E-state index contributed by atoms with van der Waals surface area (Å²) in [6.07, 6.45) is 0.318. The predicted molar refractivity (Wildman–Crippen MR) is 62.5 cm³/mol. The molecule has 0 heterocycles. The molecule has 0 aromatic heterocycles. The van der Waals surface area contributed by atoms with Gasteiger partial charge in [0.2, 0.25) is 0 Å². The minimum absolute atomic E-state index is 0.326. The van der Waals surface area contributed by atoms with Crippen molar-refractivity contribution in [3.63, 3.8) is 0 Å². The molecule has 0 radical (unpaired) electrons. The minimum atomic E-state index is -0.562. The van der Waals surface area contributed by atoms with Gasteiger partial charge < -0.3 is 9.47 Å². The molecule has 16 heavy (non-hydrogen) atoms. The van der Waals surface area contributed by atoms with Gasteiger partial charge >= 0.3 is 5.97 Å². The summed E-state index contributed by atoms with van der Waals surface area (Å²) in [5.74, 6) is 0.430. The molecule has 1 rings (SSSR count). The first-order chi connectivity index (χ1) is 7.69. The second-order valence-electron chi connectivity index (χ2n) is 3.47. The quantitative estimate of drug-likeness (QED) is 0.718. The van der Waals surface area contributed by atoms with Gasteiger partial charge in [-0.3, -0.25) is 0 Å². The van der Waals surface area contributed by atoms with Gasteiger partial charge in [-0.15, -0.1) is 0 Å². The number of carbonyl (C=O) groups excluding carboxylic acids is 1. The normalized spacial score (nSPS) is 11.9. The highest BCUT2D eigenvalue weighted by atomic mass is 16.6. The van der Waals surface area contributed by atoms with E-state index in [4.69, 9.17) is 9.47 Å². The molecule has 0 unspecified atom stereocenters. The van der Waals surface area contributed by atoms with Crippen molar-refractivity contribution in [3.8, 4) is 5.75 Å². The largest absolute Gasteiger partial charge is 0.479 e. The third-order valence-electron chi connectivity index (χ3n) is 2.28. The highest BCUT2D eigenvalue weighted by Gasteiger charge is 2.16. The van der Waals surface area contributed by atoms with Crippen molar-refractivity contribution in [1.82, 2.24) is 0 Å². The molecule has 0 bridgehead atoms. The maximum Gasteiger partial charge on any atom is 0.347 e. The number of esters is 1. The average molecular weight is 222 g/mol. The Balaban J connectivity index is 2.68. The number of ether oxygens (including phenoxy) is 2. The Bertz CT molecular complexity index is 347. The zero-order valence-electron chi connectivity index (χ0n) is 10.0. The van der Waals surface area contributed by atoms with Crippen LogP contribution in [-0.2, 0) is 16.0 Å². The second kappa shape index (κ2) is 6.16. The topological polar surface area (TPSA) is 35.5 Å². The predicted octanol–water partition coefficient (Wildman–Crippen LogP) is 2.58. The Hall–Kier alpha value is -1.51. The van der Waals surface area contributed by atoms with Crippen molar-refractivity contribution in [3.05, 3.63) is 29.8 Å².